The molecule has 0 rings (SSSR count). The second-order valence-electron chi connectivity index (χ2n) is 3.46. The van der Waals surface area contributed by atoms with Gasteiger partial charge in [0.1, 0.15) is 0 Å². The Balaban J connectivity index is 3.56. The molecule has 0 heterocycles. The molecule has 15 heavy (non-hydrogen) atoms. The van der Waals surface area contributed by atoms with Crippen LogP contribution in [-0.2, 0) is 9.53 Å². The number of hydrogen-bond acceptors (Lipinski definition) is 2. The van der Waals surface area contributed by atoms with Gasteiger partial charge in [-0.15, -0.1) is 6.42 Å². The van der Waals surface area contributed by atoms with Gasteiger partial charge in [-0.1, -0.05) is 31.4 Å². The standard InChI is InChI=1S/C13H20O2/c1-4-6-7-8-9-10-11-13(5-2)15-12(3)14/h2,7-8,13H,4,6,9-11H2,1,3H3/b8-7+. The molecule has 1 atom stereocenters. The Bertz CT molecular complexity index is 235. The van der Waals surface area contributed by atoms with E-state index in [1.165, 1.54) is 13.3 Å². The number of esters is 1. The van der Waals surface area contributed by atoms with Crippen molar-refractivity contribution in [3.63, 3.8) is 0 Å². The molecule has 0 aliphatic heterocycles. The average Bonchev–Trinajstić information content (AvgIpc) is 2.20. The normalized spacial score (nSPS) is 12.3. The van der Waals surface area contributed by atoms with Crippen LogP contribution < -0.4 is 0 Å². The van der Waals surface area contributed by atoms with Crippen LogP contribution in [0.3, 0.4) is 0 Å². The van der Waals surface area contributed by atoms with Gasteiger partial charge in [0.2, 0.25) is 0 Å². The number of rotatable bonds is 7. The molecule has 0 aliphatic rings. The first-order valence-corrected chi connectivity index (χ1v) is 5.49. The van der Waals surface area contributed by atoms with Crippen LogP contribution in [0.1, 0.15) is 46.0 Å². The van der Waals surface area contributed by atoms with Crippen molar-refractivity contribution < 1.29 is 9.53 Å². The highest BCUT2D eigenvalue weighted by Gasteiger charge is 2.06. The van der Waals surface area contributed by atoms with Gasteiger partial charge in [0.15, 0.2) is 6.10 Å². The number of unbranched alkanes of at least 4 members (excludes halogenated alkanes) is 2. The second-order valence-corrected chi connectivity index (χ2v) is 3.46. The quantitative estimate of drug-likeness (QED) is 0.278. The van der Waals surface area contributed by atoms with Gasteiger partial charge in [-0.05, 0) is 25.7 Å². The van der Waals surface area contributed by atoms with Gasteiger partial charge in [-0.3, -0.25) is 4.79 Å². The van der Waals surface area contributed by atoms with Gasteiger partial charge in [-0.25, -0.2) is 0 Å². The lowest BCUT2D eigenvalue weighted by atomic mass is 10.1. The van der Waals surface area contributed by atoms with Crippen molar-refractivity contribution >= 4 is 5.97 Å². The van der Waals surface area contributed by atoms with Gasteiger partial charge in [0.05, 0.1) is 0 Å². The lowest BCUT2D eigenvalue weighted by molar-refractivity contribution is -0.143. The Kier molecular flexibility index (Phi) is 8.56. The highest BCUT2D eigenvalue weighted by molar-refractivity contribution is 5.66. The minimum absolute atomic E-state index is 0.306. The number of carbonyl (C=O) groups excluding carboxylic acids is 1. The van der Waals surface area contributed by atoms with Crippen LogP contribution in [0.2, 0.25) is 0 Å². The Labute approximate surface area is 92.7 Å². The van der Waals surface area contributed by atoms with Crippen molar-refractivity contribution in [3.8, 4) is 12.3 Å². The van der Waals surface area contributed by atoms with E-state index in [1.807, 2.05) is 0 Å². The van der Waals surface area contributed by atoms with Gasteiger partial charge in [-0.2, -0.15) is 0 Å². The fourth-order valence-corrected chi connectivity index (χ4v) is 1.20. The number of terminal acetylenes is 1. The molecule has 0 radical (unpaired) electrons. The number of ether oxygens (including phenoxy) is 1. The minimum Gasteiger partial charge on any atom is -0.449 e. The molecule has 0 bridgehead atoms. The van der Waals surface area contributed by atoms with Crippen LogP contribution in [-0.4, -0.2) is 12.1 Å². The summed E-state index contributed by atoms with van der Waals surface area (Å²) in [6.45, 7) is 3.53. The van der Waals surface area contributed by atoms with Crippen molar-refractivity contribution in [1.82, 2.24) is 0 Å². The van der Waals surface area contributed by atoms with E-state index in [0.717, 1.165) is 25.7 Å². The largest absolute Gasteiger partial charge is 0.449 e. The molecular weight excluding hydrogens is 188 g/mol. The van der Waals surface area contributed by atoms with Crippen molar-refractivity contribution in [2.45, 2.75) is 52.1 Å². The average molecular weight is 208 g/mol. The van der Waals surface area contributed by atoms with Crippen molar-refractivity contribution in [2.75, 3.05) is 0 Å². The van der Waals surface area contributed by atoms with Gasteiger partial charge >= 0.3 is 5.97 Å². The molecule has 0 N–H and O–H groups in total. The Morgan fingerprint density at radius 1 is 1.47 bits per heavy atom. The number of hydrogen-bond donors (Lipinski definition) is 0. The first kappa shape index (κ1) is 13.8. The summed E-state index contributed by atoms with van der Waals surface area (Å²) >= 11 is 0. The zero-order chi connectivity index (χ0) is 11.5. The molecule has 0 amide bonds. The van der Waals surface area contributed by atoms with Crippen LogP contribution in [0.15, 0.2) is 12.2 Å². The Morgan fingerprint density at radius 3 is 2.67 bits per heavy atom. The lowest BCUT2D eigenvalue weighted by Gasteiger charge is -2.09. The smallest absolute Gasteiger partial charge is 0.303 e. The summed E-state index contributed by atoms with van der Waals surface area (Å²) in [7, 11) is 0. The molecule has 0 aromatic carbocycles. The van der Waals surface area contributed by atoms with E-state index in [0.29, 0.717) is 0 Å². The maximum Gasteiger partial charge on any atom is 0.303 e. The SMILES string of the molecule is C#CC(CCC/C=C/CCC)OC(C)=O. The molecule has 2 nitrogen and oxygen atoms in total. The molecular formula is C13H20O2. The molecule has 0 spiro atoms. The number of allylic oxidation sites excluding steroid dienone is 2. The monoisotopic (exact) mass is 208 g/mol. The molecule has 0 saturated carbocycles. The first-order valence-electron chi connectivity index (χ1n) is 5.49. The van der Waals surface area contributed by atoms with Crippen LogP contribution >= 0.6 is 0 Å². The van der Waals surface area contributed by atoms with E-state index in [4.69, 9.17) is 11.2 Å². The van der Waals surface area contributed by atoms with Gasteiger partial charge in [0.25, 0.3) is 0 Å². The molecule has 1 unspecified atom stereocenters. The van der Waals surface area contributed by atoms with Gasteiger partial charge < -0.3 is 4.74 Å². The zero-order valence-corrected chi connectivity index (χ0v) is 9.66. The van der Waals surface area contributed by atoms with E-state index < -0.39 is 0 Å². The summed E-state index contributed by atoms with van der Waals surface area (Å²) < 4.78 is 4.93. The molecule has 0 aromatic heterocycles. The summed E-state index contributed by atoms with van der Waals surface area (Å²) in [4.78, 5) is 10.7. The lowest BCUT2D eigenvalue weighted by Crippen LogP contribution is -2.13. The minimum atomic E-state index is -0.359. The first-order chi connectivity index (χ1) is 7.20. The fourth-order valence-electron chi connectivity index (χ4n) is 1.20. The summed E-state index contributed by atoms with van der Waals surface area (Å²) in [5.74, 6) is 2.16. The maximum absolute atomic E-state index is 10.7. The third-order valence-corrected chi connectivity index (χ3v) is 1.95. The summed E-state index contributed by atoms with van der Waals surface area (Å²) in [5, 5.41) is 0. The summed E-state index contributed by atoms with van der Waals surface area (Å²) in [5.41, 5.74) is 0. The van der Waals surface area contributed by atoms with Crippen molar-refractivity contribution in [3.05, 3.63) is 12.2 Å². The van der Waals surface area contributed by atoms with Crippen molar-refractivity contribution in [2.24, 2.45) is 0 Å². The van der Waals surface area contributed by atoms with Crippen molar-refractivity contribution in [1.29, 1.82) is 0 Å². The predicted molar refractivity (Wildman–Crippen MR) is 62.3 cm³/mol. The third-order valence-electron chi connectivity index (χ3n) is 1.95. The predicted octanol–water partition coefficient (Wildman–Crippen LogP) is 3.08. The van der Waals surface area contributed by atoms with Crippen LogP contribution in [0, 0.1) is 12.3 Å². The highest BCUT2D eigenvalue weighted by atomic mass is 16.5. The number of carbonyl (C=O) groups is 1. The van der Waals surface area contributed by atoms with Crippen LogP contribution in [0.5, 0.6) is 0 Å². The van der Waals surface area contributed by atoms with E-state index >= 15 is 0 Å². The highest BCUT2D eigenvalue weighted by Crippen LogP contribution is 2.05. The van der Waals surface area contributed by atoms with E-state index in [9.17, 15) is 4.79 Å². The van der Waals surface area contributed by atoms with E-state index in [-0.39, 0.29) is 12.1 Å². The molecule has 84 valence electrons. The van der Waals surface area contributed by atoms with E-state index in [2.05, 4.69) is 25.0 Å². The van der Waals surface area contributed by atoms with Gasteiger partial charge in [0, 0.05) is 6.92 Å². The maximum atomic E-state index is 10.7. The topological polar surface area (TPSA) is 26.3 Å². The molecule has 2 heteroatoms. The molecule has 0 fully saturated rings. The fraction of sp³-hybridized carbons (Fsp3) is 0.615. The molecule has 0 aromatic rings. The Hall–Kier alpha value is -1.23. The van der Waals surface area contributed by atoms with Crippen LogP contribution in [0.25, 0.3) is 0 Å². The van der Waals surface area contributed by atoms with E-state index in [1.54, 1.807) is 0 Å². The Morgan fingerprint density at radius 2 is 2.13 bits per heavy atom. The summed E-state index contributed by atoms with van der Waals surface area (Å²) in [6.07, 6.45) is 14.2. The zero-order valence-electron chi connectivity index (χ0n) is 9.66. The third kappa shape index (κ3) is 9.08. The molecule has 0 aliphatic carbocycles. The molecule has 0 saturated heterocycles. The summed E-state index contributed by atoms with van der Waals surface area (Å²) in [6, 6.07) is 0. The van der Waals surface area contributed by atoms with Crippen LogP contribution in [0.4, 0.5) is 0 Å². The second kappa shape index (κ2) is 9.33.